The van der Waals surface area contributed by atoms with Crippen molar-refractivity contribution in [3.05, 3.63) is 52.9 Å². The minimum atomic E-state index is -0.256. The van der Waals surface area contributed by atoms with Crippen LogP contribution in [-0.2, 0) is 0 Å². The summed E-state index contributed by atoms with van der Waals surface area (Å²) in [4.78, 5) is 23.0. The van der Waals surface area contributed by atoms with E-state index in [0.717, 1.165) is 11.1 Å². The molecule has 2 heterocycles. The second-order valence-corrected chi connectivity index (χ2v) is 4.00. The number of rotatable bonds is 2. The van der Waals surface area contributed by atoms with Crippen molar-refractivity contribution in [2.45, 2.75) is 0 Å². The van der Waals surface area contributed by atoms with Crippen LogP contribution in [0, 0.1) is 0 Å². The van der Waals surface area contributed by atoms with Gasteiger partial charge in [0, 0.05) is 6.20 Å². The number of hydrogen-bond donors (Lipinski definition) is 1. The number of aromatic nitrogens is 3. The van der Waals surface area contributed by atoms with Crippen molar-refractivity contribution < 1.29 is 4.74 Å². The first-order valence-electron chi connectivity index (χ1n) is 5.78. The van der Waals surface area contributed by atoms with Crippen molar-refractivity contribution in [1.29, 1.82) is 0 Å². The van der Waals surface area contributed by atoms with Crippen LogP contribution in [0.1, 0.15) is 0 Å². The molecule has 5 nitrogen and oxygen atoms in total. The molecule has 0 aliphatic carbocycles. The van der Waals surface area contributed by atoms with Gasteiger partial charge in [0.1, 0.15) is 0 Å². The van der Waals surface area contributed by atoms with Gasteiger partial charge in [-0.2, -0.15) is 4.98 Å². The molecule has 0 saturated heterocycles. The minimum Gasteiger partial charge on any atom is -0.468 e. The molecule has 0 radical (unpaired) electrons. The summed E-state index contributed by atoms with van der Waals surface area (Å²) in [6.07, 6.45) is 1.64. The van der Waals surface area contributed by atoms with Crippen molar-refractivity contribution in [2.24, 2.45) is 0 Å². The van der Waals surface area contributed by atoms with E-state index < -0.39 is 0 Å². The number of fused-ring (bicyclic) bond motifs is 1. The molecule has 1 N–H and O–H groups in total. The van der Waals surface area contributed by atoms with Crippen molar-refractivity contribution in [1.82, 2.24) is 15.0 Å². The lowest BCUT2D eigenvalue weighted by molar-refractivity contribution is 0.380. The fourth-order valence-corrected chi connectivity index (χ4v) is 2.00. The Kier molecular flexibility index (Phi) is 2.72. The van der Waals surface area contributed by atoms with E-state index in [4.69, 9.17) is 4.74 Å². The topological polar surface area (TPSA) is 67.9 Å². The van der Waals surface area contributed by atoms with Crippen LogP contribution < -0.4 is 10.3 Å². The van der Waals surface area contributed by atoms with Gasteiger partial charge in [-0.1, -0.05) is 30.3 Å². The summed E-state index contributed by atoms with van der Waals surface area (Å²) in [5, 5.41) is 0.467. The number of nitrogens with zero attached hydrogens (tertiary/aromatic N) is 2. The molecule has 0 bridgehead atoms. The molecule has 0 amide bonds. The standard InChI is InChI=1S/C14H11N3O2/c1-19-14-16-12-11(13(18)17-14)10(7-8-15-12)9-5-3-2-4-6-9/h2-8H,1H3,(H,15,16,17,18). The van der Waals surface area contributed by atoms with E-state index in [2.05, 4.69) is 15.0 Å². The first-order chi connectivity index (χ1) is 9.29. The molecule has 0 aliphatic heterocycles. The number of nitrogens with one attached hydrogen (secondary N) is 1. The third-order valence-electron chi connectivity index (χ3n) is 2.86. The maximum Gasteiger partial charge on any atom is 0.298 e. The summed E-state index contributed by atoms with van der Waals surface area (Å²) >= 11 is 0. The van der Waals surface area contributed by atoms with Gasteiger partial charge in [-0.25, -0.2) is 4.98 Å². The molecular formula is C14H11N3O2. The summed E-state index contributed by atoms with van der Waals surface area (Å²) in [5.74, 6) is 0. The molecule has 5 heteroatoms. The third-order valence-corrected chi connectivity index (χ3v) is 2.86. The number of H-pyrrole nitrogens is 1. The molecule has 0 unspecified atom stereocenters. The van der Waals surface area contributed by atoms with E-state index in [1.807, 2.05) is 30.3 Å². The molecular weight excluding hydrogens is 242 g/mol. The van der Waals surface area contributed by atoms with Crippen LogP contribution in [-0.4, -0.2) is 22.1 Å². The molecule has 0 spiro atoms. The van der Waals surface area contributed by atoms with Gasteiger partial charge < -0.3 is 4.74 Å². The highest BCUT2D eigenvalue weighted by Gasteiger charge is 2.10. The van der Waals surface area contributed by atoms with Gasteiger partial charge in [0.05, 0.1) is 12.5 Å². The Labute approximate surface area is 108 Å². The van der Waals surface area contributed by atoms with E-state index in [1.165, 1.54) is 7.11 Å². The largest absolute Gasteiger partial charge is 0.468 e. The summed E-state index contributed by atoms with van der Waals surface area (Å²) in [6.45, 7) is 0. The molecule has 94 valence electrons. The highest BCUT2D eigenvalue weighted by Crippen LogP contribution is 2.24. The zero-order valence-electron chi connectivity index (χ0n) is 10.3. The van der Waals surface area contributed by atoms with E-state index in [1.54, 1.807) is 12.3 Å². The van der Waals surface area contributed by atoms with E-state index in [-0.39, 0.29) is 11.6 Å². The number of methoxy groups -OCH3 is 1. The average Bonchev–Trinajstić information content (AvgIpc) is 2.47. The molecule has 2 aromatic heterocycles. The molecule has 0 saturated carbocycles. The monoisotopic (exact) mass is 253 g/mol. The Morgan fingerprint density at radius 3 is 2.68 bits per heavy atom. The molecule has 3 rings (SSSR count). The van der Waals surface area contributed by atoms with Crippen LogP contribution in [0.3, 0.4) is 0 Å². The van der Waals surface area contributed by atoms with Gasteiger partial charge in [-0.3, -0.25) is 9.78 Å². The summed E-state index contributed by atoms with van der Waals surface area (Å²) in [7, 11) is 1.45. The van der Waals surface area contributed by atoms with Crippen molar-refractivity contribution in [3.63, 3.8) is 0 Å². The molecule has 1 aromatic carbocycles. The fraction of sp³-hybridized carbons (Fsp3) is 0.0714. The maximum atomic E-state index is 12.1. The third kappa shape index (κ3) is 1.95. The normalized spacial score (nSPS) is 10.6. The molecule has 3 aromatic rings. The molecule has 0 fully saturated rings. The quantitative estimate of drug-likeness (QED) is 0.758. The zero-order chi connectivity index (χ0) is 13.2. The van der Waals surface area contributed by atoms with Gasteiger partial charge in [0.25, 0.3) is 11.6 Å². The highest BCUT2D eigenvalue weighted by molar-refractivity contribution is 5.91. The zero-order valence-corrected chi connectivity index (χ0v) is 10.3. The summed E-state index contributed by atoms with van der Waals surface area (Å²) in [6, 6.07) is 11.6. The first-order valence-corrected chi connectivity index (χ1v) is 5.78. The SMILES string of the molecule is COc1nc2nccc(-c3ccccc3)c2c(=O)[nH]1. The average molecular weight is 253 g/mol. The first kappa shape index (κ1) is 11.4. The molecule has 0 aliphatic rings. The van der Waals surface area contributed by atoms with Gasteiger partial charge in [0.15, 0.2) is 5.65 Å². The van der Waals surface area contributed by atoms with Crippen LogP contribution in [0.15, 0.2) is 47.4 Å². The minimum absolute atomic E-state index is 0.162. The summed E-state index contributed by atoms with van der Waals surface area (Å²) < 4.78 is 4.94. The molecule has 0 atom stereocenters. The summed E-state index contributed by atoms with van der Waals surface area (Å²) in [5.41, 5.74) is 1.88. The number of pyridine rings is 1. The predicted molar refractivity (Wildman–Crippen MR) is 72.1 cm³/mol. The molecule has 19 heavy (non-hydrogen) atoms. The highest BCUT2D eigenvalue weighted by atomic mass is 16.5. The lowest BCUT2D eigenvalue weighted by Crippen LogP contribution is -2.11. The predicted octanol–water partition coefficient (Wildman–Crippen LogP) is 1.99. The van der Waals surface area contributed by atoms with Gasteiger partial charge in [0.2, 0.25) is 0 Å². The van der Waals surface area contributed by atoms with Crippen LogP contribution in [0.5, 0.6) is 6.01 Å². The second-order valence-electron chi connectivity index (χ2n) is 4.00. The Morgan fingerprint density at radius 2 is 1.95 bits per heavy atom. The van der Waals surface area contributed by atoms with E-state index in [9.17, 15) is 4.79 Å². The maximum absolute atomic E-state index is 12.1. The Morgan fingerprint density at radius 1 is 1.16 bits per heavy atom. The van der Waals surface area contributed by atoms with Crippen molar-refractivity contribution in [3.8, 4) is 17.1 Å². The Bertz CT molecular complexity index is 782. The van der Waals surface area contributed by atoms with Gasteiger partial charge >= 0.3 is 0 Å². The lowest BCUT2D eigenvalue weighted by atomic mass is 10.0. The van der Waals surface area contributed by atoms with Gasteiger partial charge in [-0.15, -0.1) is 0 Å². The van der Waals surface area contributed by atoms with Crippen molar-refractivity contribution >= 4 is 11.0 Å². The van der Waals surface area contributed by atoms with Crippen LogP contribution >= 0.6 is 0 Å². The smallest absolute Gasteiger partial charge is 0.298 e. The fourth-order valence-electron chi connectivity index (χ4n) is 2.00. The second kappa shape index (κ2) is 4.53. The number of aromatic amines is 1. The number of benzene rings is 1. The lowest BCUT2D eigenvalue weighted by Gasteiger charge is -2.06. The van der Waals surface area contributed by atoms with Crippen LogP contribution in [0.25, 0.3) is 22.2 Å². The van der Waals surface area contributed by atoms with Crippen LogP contribution in [0.4, 0.5) is 0 Å². The number of hydrogen-bond acceptors (Lipinski definition) is 4. The Hall–Kier alpha value is -2.69. The van der Waals surface area contributed by atoms with Gasteiger partial charge in [-0.05, 0) is 17.2 Å². The Balaban J connectivity index is 2.36. The van der Waals surface area contributed by atoms with Crippen molar-refractivity contribution in [2.75, 3.05) is 7.11 Å². The number of ether oxygens (including phenoxy) is 1. The van der Waals surface area contributed by atoms with Crippen LogP contribution in [0.2, 0.25) is 0 Å². The van der Waals surface area contributed by atoms with E-state index >= 15 is 0 Å². The van der Waals surface area contributed by atoms with E-state index in [0.29, 0.717) is 11.0 Å².